The standard InChI is InChI=1S/C11H19N3O2S2/c1-18(15,16)10-2-4-13-5-7-14(8-6-13)11-12-3-9-17-11/h3,9H,2,4-8,10H2,1H3. The van der Waals surface area contributed by atoms with Crippen LogP contribution in [0.25, 0.3) is 0 Å². The summed E-state index contributed by atoms with van der Waals surface area (Å²) in [6, 6.07) is 0. The molecule has 0 spiro atoms. The van der Waals surface area contributed by atoms with Crippen LogP contribution < -0.4 is 4.90 Å². The lowest BCUT2D eigenvalue weighted by Gasteiger charge is -2.34. The summed E-state index contributed by atoms with van der Waals surface area (Å²) in [5.74, 6) is 0.291. The van der Waals surface area contributed by atoms with E-state index in [1.165, 1.54) is 6.26 Å². The first-order chi connectivity index (χ1) is 8.54. The zero-order valence-corrected chi connectivity index (χ0v) is 12.2. The van der Waals surface area contributed by atoms with Crippen LogP contribution in [0.3, 0.4) is 0 Å². The van der Waals surface area contributed by atoms with Gasteiger partial charge in [-0.25, -0.2) is 13.4 Å². The molecule has 0 atom stereocenters. The highest BCUT2D eigenvalue weighted by molar-refractivity contribution is 7.90. The number of anilines is 1. The molecule has 1 aromatic heterocycles. The van der Waals surface area contributed by atoms with E-state index in [-0.39, 0.29) is 0 Å². The molecule has 1 aliphatic rings. The molecule has 18 heavy (non-hydrogen) atoms. The van der Waals surface area contributed by atoms with Crippen molar-refractivity contribution in [1.29, 1.82) is 0 Å². The van der Waals surface area contributed by atoms with Crippen LogP contribution in [0.2, 0.25) is 0 Å². The Labute approximate surface area is 112 Å². The number of sulfone groups is 1. The number of hydrogen-bond donors (Lipinski definition) is 0. The first-order valence-corrected chi connectivity index (χ1v) is 9.03. The average Bonchev–Trinajstić information content (AvgIpc) is 2.82. The molecule has 0 saturated carbocycles. The number of rotatable bonds is 5. The maximum absolute atomic E-state index is 11.0. The molecule has 1 aliphatic heterocycles. The average molecular weight is 289 g/mol. The number of hydrogen-bond acceptors (Lipinski definition) is 6. The van der Waals surface area contributed by atoms with Crippen molar-refractivity contribution in [3.05, 3.63) is 11.6 Å². The Kier molecular flexibility index (Phi) is 4.58. The Hall–Kier alpha value is -0.660. The van der Waals surface area contributed by atoms with Gasteiger partial charge < -0.3 is 4.90 Å². The zero-order valence-electron chi connectivity index (χ0n) is 10.6. The molecule has 0 N–H and O–H groups in total. The molecule has 1 fully saturated rings. The van der Waals surface area contributed by atoms with Gasteiger partial charge >= 0.3 is 0 Å². The van der Waals surface area contributed by atoms with Crippen LogP contribution in [0.15, 0.2) is 11.6 Å². The van der Waals surface area contributed by atoms with Crippen molar-refractivity contribution in [2.24, 2.45) is 0 Å². The molecule has 102 valence electrons. The first-order valence-electron chi connectivity index (χ1n) is 6.09. The number of nitrogens with zero attached hydrogens (tertiary/aromatic N) is 3. The van der Waals surface area contributed by atoms with E-state index < -0.39 is 9.84 Å². The molecule has 0 unspecified atom stereocenters. The Balaban J connectivity index is 1.71. The Morgan fingerprint density at radius 2 is 2.06 bits per heavy atom. The number of thiazole rings is 1. The van der Waals surface area contributed by atoms with E-state index >= 15 is 0 Å². The number of aromatic nitrogens is 1. The Morgan fingerprint density at radius 1 is 1.33 bits per heavy atom. The summed E-state index contributed by atoms with van der Waals surface area (Å²) < 4.78 is 22.1. The molecule has 0 aromatic carbocycles. The second-order valence-electron chi connectivity index (χ2n) is 4.63. The lowest BCUT2D eigenvalue weighted by molar-refractivity contribution is 0.259. The van der Waals surface area contributed by atoms with Crippen LogP contribution in [0.4, 0.5) is 5.13 Å². The van der Waals surface area contributed by atoms with Crippen LogP contribution in [0.5, 0.6) is 0 Å². The van der Waals surface area contributed by atoms with E-state index in [4.69, 9.17) is 0 Å². The van der Waals surface area contributed by atoms with E-state index in [1.54, 1.807) is 11.3 Å². The molecule has 2 heterocycles. The van der Waals surface area contributed by atoms with E-state index in [1.807, 2.05) is 11.6 Å². The summed E-state index contributed by atoms with van der Waals surface area (Å²) >= 11 is 1.67. The minimum Gasteiger partial charge on any atom is -0.346 e. The van der Waals surface area contributed by atoms with Gasteiger partial charge in [0.1, 0.15) is 9.84 Å². The van der Waals surface area contributed by atoms with Gasteiger partial charge in [-0.2, -0.15) is 0 Å². The molecular weight excluding hydrogens is 270 g/mol. The molecule has 0 bridgehead atoms. The Bertz CT molecular complexity index is 451. The van der Waals surface area contributed by atoms with Crippen molar-refractivity contribution in [3.63, 3.8) is 0 Å². The monoisotopic (exact) mass is 289 g/mol. The predicted octanol–water partition coefficient (Wildman–Crippen LogP) is 0.700. The summed E-state index contributed by atoms with van der Waals surface area (Å²) in [5.41, 5.74) is 0. The molecule has 0 aliphatic carbocycles. The van der Waals surface area contributed by atoms with E-state index in [0.717, 1.165) is 44.3 Å². The fourth-order valence-corrected chi connectivity index (χ4v) is 3.44. The molecule has 5 nitrogen and oxygen atoms in total. The van der Waals surface area contributed by atoms with Gasteiger partial charge in [0.15, 0.2) is 5.13 Å². The lowest BCUT2D eigenvalue weighted by Crippen LogP contribution is -2.46. The lowest BCUT2D eigenvalue weighted by atomic mass is 10.3. The van der Waals surface area contributed by atoms with Crippen LogP contribution in [0, 0.1) is 0 Å². The highest BCUT2D eigenvalue weighted by Gasteiger charge is 2.18. The van der Waals surface area contributed by atoms with Crippen LogP contribution >= 0.6 is 11.3 Å². The maximum Gasteiger partial charge on any atom is 0.185 e. The second kappa shape index (κ2) is 5.99. The third-order valence-electron chi connectivity index (χ3n) is 3.05. The number of piperazine rings is 1. The van der Waals surface area contributed by atoms with Crippen molar-refractivity contribution in [1.82, 2.24) is 9.88 Å². The van der Waals surface area contributed by atoms with Crippen LogP contribution in [-0.2, 0) is 9.84 Å². The van der Waals surface area contributed by atoms with Gasteiger partial charge in [0.2, 0.25) is 0 Å². The molecular formula is C11H19N3O2S2. The molecule has 0 radical (unpaired) electrons. The van der Waals surface area contributed by atoms with E-state index in [2.05, 4.69) is 14.8 Å². The summed E-state index contributed by atoms with van der Waals surface area (Å²) in [6.45, 7) is 4.81. The first kappa shape index (κ1) is 13.8. The van der Waals surface area contributed by atoms with Gasteiger partial charge in [0.05, 0.1) is 5.75 Å². The second-order valence-corrected chi connectivity index (χ2v) is 7.76. The quantitative estimate of drug-likeness (QED) is 0.799. The zero-order chi connectivity index (χ0) is 13.0. The molecule has 2 rings (SSSR count). The van der Waals surface area contributed by atoms with Gasteiger partial charge in [-0.05, 0) is 13.0 Å². The van der Waals surface area contributed by atoms with Crippen molar-refractivity contribution in [3.8, 4) is 0 Å². The Morgan fingerprint density at radius 3 is 2.61 bits per heavy atom. The highest BCUT2D eigenvalue weighted by atomic mass is 32.2. The van der Waals surface area contributed by atoms with Gasteiger partial charge in [0.25, 0.3) is 0 Å². The third kappa shape index (κ3) is 4.22. The van der Waals surface area contributed by atoms with E-state index in [0.29, 0.717) is 5.75 Å². The van der Waals surface area contributed by atoms with Gasteiger partial charge in [-0.15, -0.1) is 11.3 Å². The SMILES string of the molecule is CS(=O)(=O)CCCN1CCN(c2nccs2)CC1. The minimum absolute atomic E-state index is 0.291. The van der Waals surface area contributed by atoms with Crippen molar-refractivity contribution in [2.75, 3.05) is 49.6 Å². The van der Waals surface area contributed by atoms with Crippen LogP contribution in [-0.4, -0.2) is 63.0 Å². The summed E-state index contributed by atoms with van der Waals surface area (Å²) in [6.07, 6.45) is 3.86. The van der Waals surface area contributed by atoms with Gasteiger partial charge in [-0.3, -0.25) is 4.90 Å². The third-order valence-corrected chi connectivity index (χ3v) is 4.91. The molecule has 7 heteroatoms. The summed E-state index contributed by atoms with van der Waals surface area (Å²) in [5, 5.41) is 3.08. The smallest absolute Gasteiger partial charge is 0.185 e. The fourth-order valence-electron chi connectivity index (χ4n) is 2.09. The van der Waals surface area contributed by atoms with Gasteiger partial charge in [-0.1, -0.05) is 0 Å². The topological polar surface area (TPSA) is 53.5 Å². The minimum atomic E-state index is -2.82. The summed E-state index contributed by atoms with van der Waals surface area (Å²) in [4.78, 5) is 8.92. The van der Waals surface area contributed by atoms with Gasteiger partial charge in [0, 0.05) is 44.0 Å². The van der Waals surface area contributed by atoms with E-state index in [9.17, 15) is 8.42 Å². The highest BCUT2D eigenvalue weighted by Crippen LogP contribution is 2.18. The predicted molar refractivity (Wildman–Crippen MR) is 75.1 cm³/mol. The molecule has 1 saturated heterocycles. The summed E-state index contributed by atoms with van der Waals surface area (Å²) in [7, 11) is -2.82. The fraction of sp³-hybridized carbons (Fsp3) is 0.727. The van der Waals surface area contributed by atoms with Crippen LogP contribution in [0.1, 0.15) is 6.42 Å². The molecule has 0 amide bonds. The maximum atomic E-state index is 11.0. The van der Waals surface area contributed by atoms with Crippen molar-refractivity contribution < 1.29 is 8.42 Å². The van der Waals surface area contributed by atoms with Crippen molar-refractivity contribution in [2.45, 2.75) is 6.42 Å². The van der Waals surface area contributed by atoms with Crippen molar-refractivity contribution >= 4 is 26.3 Å². The largest absolute Gasteiger partial charge is 0.346 e. The normalized spacial score (nSPS) is 18.2. The molecule has 1 aromatic rings.